The van der Waals surface area contributed by atoms with Gasteiger partial charge < -0.3 is 10.6 Å². The highest BCUT2D eigenvalue weighted by Crippen LogP contribution is 2.42. The molecule has 0 radical (unpaired) electrons. The van der Waals surface area contributed by atoms with Crippen molar-refractivity contribution in [3.63, 3.8) is 0 Å². The topological polar surface area (TPSA) is 82.7 Å². The zero-order valence-corrected chi connectivity index (χ0v) is 17.4. The first-order valence-corrected chi connectivity index (χ1v) is 10.3. The van der Waals surface area contributed by atoms with E-state index in [1.807, 2.05) is 13.8 Å². The fraction of sp³-hybridized carbons (Fsp3) is 0.500. The zero-order valence-electron chi connectivity index (χ0n) is 17.4. The van der Waals surface area contributed by atoms with Crippen molar-refractivity contribution in [3.05, 3.63) is 40.7 Å². The van der Waals surface area contributed by atoms with E-state index in [9.17, 15) is 23.2 Å². The van der Waals surface area contributed by atoms with Crippen LogP contribution in [0.2, 0.25) is 0 Å². The zero-order chi connectivity index (χ0) is 22.4. The maximum absolute atomic E-state index is 13.7. The molecule has 0 spiro atoms. The second-order valence-corrected chi connectivity index (χ2v) is 9.03. The molecule has 1 saturated heterocycles. The number of halogens is 3. The number of carbonyl (C=O) groups is 1. The second kappa shape index (κ2) is 7.68. The van der Waals surface area contributed by atoms with E-state index in [1.165, 1.54) is 4.68 Å². The molecule has 4 rings (SSSR count). The summed E-state index contributed by atoms with van der Waals surface area (Å²) in [6.07, 6.45) is -2.62. The Labute approximate surface area is 178 Å². The molecule has 1 aromatic heterocycles. The third-order valence-corrected chi connectivity index (χ3v) is 5.88. The minimum Gasteiger partial charge on any atom is -0.381 e. The number of rotatable bonds is 3. The number of nitrogens with one attached hydrogen (secondary N) is 2. The number of benzene rings is 1. The van der Waals surface area contributed by atoms with Gasteiger partial charge in [0, 0.05) is 12.5 Å². The Morgan fingerprint density at radius 2 is 1.97 bits per heavy atom. The highest BCUT2D eigenvalue weighted by Gasteiger charge is 2.45. The average molecular weight is 431 g/mol. The van der Waals surface area contributed by atoms with Gasteiger partial charge in [0.05, 0.1) is 28.2 Å². The number of piperidine rings is 1. The summed E-state index contributed by atoms with van der Waals surface area (Å²) in [7, 11) is 0. The Balaban J connectivity index is 1.82. The Hall–Kier alpha value is -2.86. The first-order chi connectivity index (χ1) is 14.6. The summed E-state index contributed by atoms with van der Waals surface area (Å²) < 4.78 is 42.3. The number of alkyl halides is 3. The van der Waals surface area contributed by atoms with E-state index in [4.69, 9.17) is 0 Å². The van der Waals surface area contributed by atoms with Gasteiger partial charge >= 0.3 is 6.18 Å². The van der Waals surface area contributed by atoms with Crippen molar-refractivity contribution < 1.29 is 18.0 Å². The third-order valence-electron chi connectivity index (χ3n) is 5.88. The lowest BCUT2D eigenvalue weighted by Crippen LogP contribution is -2.35. The van der Waals surface area contributed by atoms with Crippen LogP contribution in [0.15, 0.2) is 18.2 Å². The van der Waals surface area contributed by atoms with Crippen LogP contribution in [0.25, 0.3) is 5.69 Å². The predicted octanol–water partition coefficient (Wildman–Crippen LogP) is 4.08. The van der Waals surface area contributed by atoms with Gasteiger partial charge in [0.15, 0.2) is 11.5 Å². The number of hydrogen-bond acceptors (Lipinski definition) is 5. The maximum Gasteiger partial charge on any atom is 0.435 e. The van der Waals surface area contributed by atoms with E-state index >= 15 is 0 Å². The monoisotopic (exact) mass is 431 g/mol. The normalized spacial score (nSPS) is 19.0. The Bertz CT molecular complexity index is 1060. The van der Waals surface area contributed by atoms with E-state index in [2.05, 4.69) is 21.8 Å². The minimum absolute atomic E-state index is 0.0463. The van der Waals surface area contributed by atoms with Gasteiger partial charge in [0.25, 0.3) is 0 Å². The number of ketones is 1. The van der Waals surface area contributed by atoms with Crippen LogP contribution in [0, 0.1) is 16.7 Å². The molecule has 9 heteroatoms. The average Bonchev–Trinajstić information content (AvgIpc) is 3.07. The fourth-order valence-electron chi connectivity index (χ4n) is 4.43. The molecular formula is C22H24F3N5O. The standard InChI is InChI=1S/C22H24F3N5O/c1-21(2)10-17-19(18(31)11-21)20(22(23,24)25)29-30(17)15-4-3-13(12-26)16(9-15)28-14-5-7-27-8-6-14/h3-4,9,14,27-28H,5-8,10-11H2,1-2H3. The molecule has 2 heterocycles. The first-order valence-electron chi connectivity index (χ1n) is 10.3. The molecule has 1 aromatic carbocycles. The van der Waals surface area contributed by atoms with Crippen LogP contribution in [0.1, 0.15) is 60.4 Å². The number of aromatic nitrogens is 2. The smallest absolute Gasteiger partial charge is 0.381 e. The summed E-state index contributed by atoms with van der Waals surface area (Å²) in [6.45, 7) is 5.44. The van der Waals surface area contributed by atoms with E-state index in [1.54, 1.807) is 18.2 Å². The van der Waals surface area contributed by atoms with Crippen LogP contribution in [0.5, 0.6) is 0 Å². The van der Waals surface area contributed by atoms with Crippen LogP contribution in [0.3, 0.4) is 0 Å². The quantitative estimate of drug-likeness (QED) is 0.765. The van der Waals surface area contributed by atoms with Crippen molar-refractivity contribution in [1.82, 2.24) is 15.1 Å². The van der Waals surface area contributed by atoms with Crippen molar-refractivity contribution in [2.45, 2.75) is 51.7 Å². The van der Waals surface area contributed by atoms with Gasteiger partial charge in [-0.3, -0.25) is 4.79 Å². The number of nitrogens with zero attached hydrogens (tertiary/aromatic N) is 3. The van der Waals surface area contributed by atoms with Crippen molar-refractivity contribution in [3.8, 4) is 11.8 Å². The molecule has 2 N–H and O–H groups in total. The molecule has 0 saturated carbocycles. The molecule has 6 nitrogen and oxygen atoms in total. The van der Waals surface area contributed by atoms with Gasteiger partial charge in [-0.25, -0.2) is 4.68 Å². The van der Waals surface area contributed by atoms with Crippen molar-refractivity contribution in [1.29, 1.82) is 5.26 Å². The van der Waals surface area contributed by atoms with Crippen LogP contribution in [0.4, 0.5) is 18.9 Å². The molecule has 1 aliphatic carbocycles. The van der Waals surface area contributed by atoms with Crippen molar-refractivity contribution in [2.75, 3.05) is 18.4 Å². The van der Waals surface area contributed by atoms with Crippen molar-refractivity contribution in [2.24, 2.45) is 5.41 Å². The first kappa shape index (κ1) is 21.4. The van der Waals surface area contributed by atoms with Gasteiger partial charge in [-0.2, -0.15) is 23.5 Å². The fourth-order valence-corrected chi connectivity index (χ4v) is 4.43. The summed E-state index contributed by atoms with van der Waals surface area (Å²) in [5.41, 5.74) is -0.294. The molecule has 2 aliphatic rings. The maximum atomic E-state index is 13.7. The van der Waals surface area contributed by atoms with Gasteiger partial charge in [-0.1, -0.05) is 13.8 Å². The third kappa shape index (κ3) is 4.17. The van der Waals surface area contributed by atoms with Crippen LogP contribution in [-0.4, -0.2) is 34.7 Å². The Kier molecular flexibility index (Phi) is 5.30. The molecular weight excluding hydrogens is 407 g/mol. The number of carbonyl (C=O) groups excluding carboxylic acids is 1. The molecule has 0 amide bonds. The molecule has 2 aromatic rings. The van der Waals surface area contributed by atoms with Crippen molar-refractivity contribution >= 4 is 11.5 Å². The molecule has 0 bridgehead atoms. The number of hydrogen-bond donors (Lipinski definition) is 2. The molecule has 1 aliphatic heterocycles. The van der Waals surface area contributed by atoms with Gasteiger partial charge in [0.1, 0.15) is 6.07 Å². The van der Waals surface area contributed by atoms with Gasteiger partial charge in [-0.05, 0) is 56.0 Å². The van der Waals surface area contributed by atoms with E-state index in [0.29, 0.717) is 23.4 Å². The summed E-state index contributed by atoms with van der Waals surface area (Å²) in [6, 6.07) is 7.11. The predicted molar refractivity (Wildman–Crippen MR) is 109 cm³/mol. The van der Waals surface area contributed by atoms with E-state index in [0.717, 1.165) is 25.9 Å². The van der Waals surface area contributed by atoms with Crippen LogP contribution < -0.4 is 10.6 Å². The number of fused-ring (bicyclic) bond motifs is 1. The largest absolute Gasteiger partial charge is 0.435 e. The van der Waals surface area contributed by atoms with E-state index < -0.39 is 23.1 Å². The summed E-state index contributed by atoms with van der Waals surface area (Å²) in [5, 5.41) is 20.0. The Morgan fingerprint density at radius 1 is 1.26 bits per heavy atom. The molecule has 0 atom stereocenters. The second-order valence-electron chi connectivity index (χ2n) is 9.03. The Morgan fingerprint density at radius 3 is 2.61 bits per heavy atom. The van der Waals surface area contributed by atoms with Crippen LogP contribution >= 0.6 is 0 Å². The lowest BCUT2D eigenvalue weighted by atomic mass is 9.75. The van der Waals surface area contributed by atoms with Gasteiger partial charge in [0.2, 0.25) is 0 Å². The van der Waals surface area contributed by atoms with Gasteiger partial charge in [-0.15, -0.1) is 0 Å². The molecule has 164 valence electrons. The highest BCUT2D eigenvalue weighted by atomic mass is 19.4. The summed E-state index contributed by atoms with van der Waals surface area (Å²) in [5.74, 6) is -0.536. The SMILES string of the molecule is CC1(C)CC(=O)c2c(C(F)(F)F)nn(-c3ccc(C#N)c(NC4CCNCC4)c3)c2C1. The molecule has 31 heavy (non-hydrogen) atoms. The summed E-state index contributed by atoms with van der Waals surface area (Å²) >= 11 is 0. The minimum atomic E-state index is -4.73. The lowest BCUT2D eigenvalue weighted by Gasteiger charge is -2.29. The molecule has 0 unspecified atom stereocenters. The number of anilines is 1. The van der Waals surface area contributed by atoms with Crippen LogP contribution in [-0.2, 0) is 12.6 Å². The lowest BCUT2D eigenvalue weighted by molar-refractivity contribution is -0.141. The molecule has 1 fully saturated rings. The highest BCUT2D eigenvalue weighted by molar-refractivity contribution is 6.00. The number of nitriles is 1. The van der Waals surface area contributed by atoms with E-state index in [-0.39, 0.29) is 23.7 Å². The number of Topliss-reactive ketones (excluding diaryl/α,β-unsaturated/α-hetero) is 1. The summed E-state index contributed by atoms with van der Waals surface area (Å²) in [4.78, 5) is 12.6.